The fourth-order valence-corrected chi connectivity index (χ4v) is 10.3. The Morgan fingerprint density at radius 2 is 1.93 bits per heavy atom. The number of piperidine rings is 1. The molecule has 59 heavy (non-hydrogen) atoms. The third-order valence-electron chi connectivity index (χ3n) is 13.3. The summed E-state index contributed by atoms with van der Waals surface area (Å²) in [4.78, 5) is 51.6. The summed E-state index contributed by atoms with van der Waals surface area (Å²) in [6.07, 6.45) is 4.58. The first-order valence-corrected chi connectivity index (χ1v) is 22.2. The Bertz CT molecular complexity index is 2240. The van der Waals surface area contributed by atoms with E-state index < -0.39 is 29.1 Å². The number of fused-ring (bicyclic) bond motifs is 6. The number of carbonyl (C=O) groups excluding carboxylic acids is 3. The predicted octanol–water partition coefficient (Wildman–Crippen LogP) is 5.68. The number of ether oxygens (including phenoxy) is 2. The van der Waals surface area contributed by atoms with E-state index in [9.17, 15) is 19.5 Å². The van der Waals surface area contributed by atoms with Crippen LogP contribution in [0.3, 0.4) is 0 Å². The van der Waals surface area contributed by atoms with E-state index in [1.54, 1.807) is 7.11 Å². The summed E-state index contributed by atoms with van der Waals surface area (Å²) >= 11 is 1.47. The molecule has 8 rings (SSSR count). The molecule has 0 spiro atoms. The summed E-state index contributed by atoms with van der Waals surface area (Å²) in [7, 11) is 1.69. The number of esters is 1. The highest BCUT2D eigenvalue weighted by Crippen LogP contribution is 2.46. The van der Waals surface area contributed by atoms with Crippen molar-refractivity contribution in [2.24, 2.45) is 23.2 Å². The molecule has 14 heteroatoms. The first kappa shape index (κ1) is 41.5. The predicted molar refractivity (Wildman–Crippen MR) is 227 cm³/mol. The van der Waals surface area contributed by atoms with Crippen LogP contribution in [0.2, 0.25) is 0 Å². The second-order valence-corrected chi connectivity index (χ2v) is 19.0. The van der Waals surface area contributed by atoms with Crippen LogP contribution >= 0.6 is 11.3 Å². The number of cyclic esters (lactones) is 1. The molecule has 6 heterocycles. The van der Waals surface area contributed by atoms with Crippen LogP contribution in [-0.2, 0) is 48.8 Å². The van der Waals surface area contributed by atoms with Gasteiger partial charge in [0.25, 0.3) is 5.91 Å². The van der Waals surface area contributed by atoms with Gasteiger partial charge in [-0.3, -0.25) is 24.4 Å². The van der Waals surface area contributed by atoms with Crippen molar-refractivity contribution < 1.29 is 29.0 Å². The van der Waals surface area contributed by atoms with Crippen molar-refractivity contribution >= 4 is 40.0 Å². The highest BCUT2D eigenvalue weighted by atomic mass is 32.1. The molecule has 4 aliphatic rings. The van der Waals surface area contributed by atoms with Crippen LogP contribution in [0.15, 0.2) is 35.8 Å². The Labute approximate surface area is 350 Å². The van der Waals surface area contributed by atoms with E-state index in [1.807, 2.05) is 18.5 Å². The standard InChI is InChI=1S/C45H59N7O6S/c1-8-51-36-12-11-28-18-30(36)32(40(51)31-19-29(22-47-39(31)27(4)57-7)45(56)13-15-46-16-14-45)21-44(5,6)24-58-43(55)33-10-9-17-52(50-33)42(54)34(20-37-48-35(28)23-59-37)49-41(53)38-25(2)26(38)3/h11-12,18-19,22-23,25-27,33-34,38,46,50,56H,8-10,13-17,20-21,24H2,1-7H3,(H,49,53)/t25-,26+,27-,33-,34-,38?/m0/s1. The van der Waals surface area contributed by atoms with Crippen molar-refractivity contribution in [3.8, 4) is 22.5 Å². The molecule has 3 aliphatic heterocycles. The maximum atomic E-state index is 14.2. The van der Waals surface area contributed by atoms with E-state index in [0.717, 1.165) is 68.3 Å². The molecular weight excluding hydrogens is 767 g/mol. The van der Waals surface area contributed by atoms with Crippen molar-refractivity contribution in [2.45, 2.75) is 110 Å². The summed E-state index contributed by atoms with van der Waals surface area (Å²) in [5, 5.41) is 23.7. The van der Waals surface area contributed by atoms with E-state index in [2.05, 4.69) is 79.5 Å². The maximum absolute atomic E-state index is 14.2. The molecule has 6 bridgehead atoms. The van der Waals surface area contributed by atoms with Gasteiger partial charge in [0.1, 0.15) is 12.1 Å². The zero-order chi connectivity index (χ0) is 41.8. The van der Waals surface area contributed by atoms with E-state index >= 15 is 0 Å². The number of hydrogen-bond donors (Lipinski definition) is 4. The molecule has 2 amide bonds. The van der Waals surface area contributed by atoms with E-state index in [1.165, 1.54) is 16.3 Å². The smallest absolute Gasteiger partial charge is 0.324 e. The average Bonchev–Trinajstić information content (AvgIpc) is 3.50. The van der Waals surface area contributed by atoms with Gasteiger partial charge in [0.2, 0.25) is 5.91 Å². The fourth-order valence-electron chi connectivity index (χ4n) is 9.40. The second-order valence-electron chi connectivity index (χ2n) is 18.0. The summed E-state index contributed by atoms with van der Waals surface area (Å²) in [6, 6.07) is 6.99. The average molecular weight is 826 g/mol. The number of benzene rings is 1. The molecule has 1 aromatic carbocycles. The largest absolute Gasteiger partial charge is 0.464 e. The van der Waals surface area contributed by atoms with Gasteiger partial charge in [-0.1, -0.05) is 33.8 Å². The van der Waals surface area contributed by atoms with Gasteiger partial charge in [0, 0.05) is 77.1 Å². The lowest BCUT2D eigenvalue weighted by Crippen LogP contribution is -2.60. The number of rotatable bonds is 7. The first-order valence-electron chi connectivity index (χ1n) is 21.3. The molecule has 0 radical (unpaired) electrons. The monoisotopic (exact) mass is 825 g/mol. The lowest BCUT2D eigenvalue weighted by Gasteiger charge is -2.35. The Hall–Kier alpha value is -4.21. The maximum Gasteiger partial charge on any atom is 0.324 e. The molecular formula is C45H59N7O6S. The summed E-state index contributed by atoms with van der Waals surface area (Å²) in [5.41, 5.74) is 8.96. The number of aliphatic hydroxyl groups is 1. The summed E-state index contributed by atoms with van der Waals surface area (Å²) in [5.74, 6) is -0.449. The van der Waals surface area contributed by atoms with Crippen molar-refractivity contribution in [1.82, 2.24) is 35.6 Å². The van der Waals surface area contributed by atoms with E-state index in [4.69, 9.17) is 19.4 Å². The number of hydrazine groups is 1. The molecule has 1 aliphatic carbocycles. The van der Waals surface area contributed by atoms with Gasteiger partial charge in [-0.15, -0.1) is 11.3 Å². The van der Waals surface area contributed by atoms with Crippen molar-refractivity contribution in [3.05, 3.63) is 57.7 Å². The number of nitrogens with one attached hydrogen (secondary N) is 3. The number of pyridine rings is 1. The number of aryl methyl sites for hydroxylation is 1. The van der Waals surface area contributed by atoms with Gasteiger partial charge in [-0.05, 0) is 94.6 Å². The fraction of sp³-hybridized carbons (Fsp3) is 0.578. The first-order chi connectivity index (χ1) is 28.2. The Morgan fingerprint density at radius 3 is 2.64 bits per heavy atom. The molecule has 13 nitrogen and oxygen atoms in total. The molecule has 316 valence electrons. The van der Waals surface area contributed by atoms with Crippen LogP contribution in [0.25, 0.3) is 33.4 Å². The van der Waals surface area contributed by atoms with Crippen LogP contribution in [0.1, 0.15) is 95.2 Å². The van der Waals surface area contributed by atoms with Crippen molar-refractivity contribution in [3.63, 3.8) is 0 Å². The molecule has 3 aromatic heterocycles. The van der Waals surface area contributed by atoms with Gasteiger partial charge in [-0.2, -0.15) is 0 Å². The highest BCUT2D eigenvalue weighted by molar-refractivity contribution is 7.10. The molecule has 6 atom stereocenters. The zero-order valence-corrected chi connectivity index (χ0v) is 36.2. The Balaban J connectivity index is 1.27. The van der Waals surface area contributed by atoms with Crippen LogP contribution in [0, 0.1) is 23.2 Å². The minimum Gasteiger partial charge on any atom is -0.464 e. The quantitative estimate of drug-likeness (QED) is 0.171. The Kier molecular flexibility index (Phi) is 11.5. The number of thiazole rings is 1. The number of hydrogen-bond acceptors (Lipinski definition) is 11. The lowest BCUT2D eigenvalue weighted by molar-refractivity contribution is -0.155. The third-order valence-corrected chi connectivity index (χ3v) is 14.2. The van der Waals surface area contributed by atoms with Gasteiger partial charge in [-0.25, -0.2) is 10.4 Å². The van der Waals surface area contributed by atoms with Crippen LogP contribution in [-0.4, -0.2) is 87.9 Å². The van der Waals surface area contributed by atoms with Gasteiger partial charge >= 0.3 is 5.97 Å². The zero-order valence-electron chi connectivity index (χ0n) is 35.4. The van der Waals surface area contributed by atoms with Crippen molar-refractivity contribution in [1.29, 1.82) is 0 Å². The van der Waals surface area contributed by atoms with E-state index in [-0.39, 0.29) is 48.7 Å². The topological polar surface area (TPSA) is 160 Å². The Morgan fingerprint density at radius 1 is 1.17 bits per heavy atom. The molecule has 3 fully saturated rings. The minimum atomic E-state index is -1.01. The number of carbonyl (C=O) groups is 3. The molecule has 2 saturated heterocycles. The third kappa shape index (κ3) is 8.06. The molecule has 4 aromatic rings. The van der Waals surface area contributed by atoms with Crippen LogP contribution in [0.4, 0.5) is 0 Å². The van der Waals surface area contributed by atoms with Gasteiger partial charge in [0.05, 0.1) is 40.4 Å². The lowest BCUT2D eigenvalue weighted by atomic mass is 9.82. The highest BCUT2D eigenvalue weighted by Gasteiger charge is 2.49. The minimum absolute atomic E-state index is 0.125. The van der Waals surface area contributed by atoms with Gasteiger partial charge < -0.3 is 29.8 Å². The summed E-state index contributed by atoms with van der Waals surface area (Å²) < 4.78 is 14.4. The van der Waals surface area contributed by atoms with Crippen molar-refractivity contribution in [2.75, 3.05) is 33.4 Å². The number of amides is 2. The molecule has 1 saturated carbocycles. The summed E-state index contributed by atoms with van der Waals surface area (Å²) in [6.45, 7) is 15.1. The second kappa shape index (κ2) is 16.3. The normalized spacial score (nSPS) is 26.2. The molecule has 1 unspecified atom stereocenters. The van der Waals surface area contributed by atoms with Crippen LogP contribution in [0.5, 0.6) is 0 Å². The molecule has 4 N–H and O–H groups in total. The SMILES string of the molecule is CCn1c(-c2cc(C3(O)CCNCC3)cnc2[C@H](C)OC)c2c3cc(ccc31)-c1csc(n1)C[C@H](NC(=O)C1[C@@H](C)[C@H]1C)C(=O)N1CCC[C@H](N1)C(=O)OCC(C)(C)C2. The van der Waals surface area contributed by atoms with Gasteiger partial charge in [0.15, 0.2) is 0 Å². The number of aromatic nitrogens is 3. The van der Waals surface area contributed by atoms with Crippen LogP contribution < -0.4 is 16.1 Å². The van der Waals surface area contributed by atoms with E-state index in [0.29, 0.717) is 45.2 Å². The number of nitrogens with zero attached hydrogens (tertiary/aromatic N) is 4. The number of methoxy groups -OCH3 is 1.